The van der Waals surface area contributed by atoms with Gasteiger partial charge in [0.05, 0.1) is 17.7 Å². The summed E-state index contributed by atoms with van der Waals surface area (Å²) in [6, 6.07) is 11.7. The molecular formula is C17H16BrCl2N3O3S. The van der Waals surface area contributed by atoms with Gasteiger partial charge in [-0.25, -0.2) is 13.8 Å². The Bertz CT molecular complexity index is 959. The molecule has 0 unspecified atom stereocenters. The molecule has 6 nitrogen and oxygen atoms in total. The number of nitrogens with zero attached hydrogens (tertiary/aromatic N) is 2. The number of anilines is 1. The van der Waals surface area contributed by atoms with Crippen LogP contribution in [0.2, 0.25) is 10.0 Å². The minimum atomic E-state index is -3.74. The van der Waals surface area contributed by atoms with Gasteiger partial charge in [0, 0.05) is 14.5 Å². The van der Waals surface area contributed by atoms with Crippen LogP contribution < -0.4 is 9.73 Å². The molecule has 0 aromatic heterocycles. The highest BCUT2D eigenvalue weighted by Gasteiger charge is 2.21. The van der Waals surface area contributed by atoms with E-state index in [-0.39, 0.29) is 15.7 Å². The summed E-state index contributed by atoms with van der Waals surface area (Å²) in [7, 11) is -3.74. The van der Waals surface area contributed by atoms with Gasteiger partial charge in [0.25, 0.3) is 5.91 Å². The number of sulfonamides is 1. The summed E-state index contributed by atoms with van der Waals surface area (Å²) >= 11 is 15.2. The molecule has 2 aromatic rings. The van der Waals surface area contributed by atoms with Gasteiger partial charge in [-0.15, -0.1) is 0 Å². The van der Waals surface area contributed by atoms with Crippen LogP contribution in [0.15, 0.2) is 52.0 Å². The molecule has 0 aliphatic heterocycles. The van der Waals surface area contributed by atoms with Gasteiger partial charge < -0.3 is 0 Å². The second-order valence-corrected chi connectivity index (χ2v) is 9.33. The highest BCUT2D eigenvalue weighted by Crippen LogP contribution is 2.26. The summed E-state index contributed by atoms with van der Waals surface area (Å²) in [4.78, 5) is 12.2. The van der Waals surface area contributed by atoms with Gasteiger partial charge in [0.2, 0.25) is 10.0 Å². The lowest BCUT2D eigenvalue weighted by Gasteiger charge is -2.21. The molecule has 2 aromatic carbocycles. The van der Waals surface area contributed by atoms with Gasteiger partial charge in [0.15, 0.2) is 0 Å². The summed E-state index contributed by atoms with van der Waals surface area (Å²) < 4.78 is 26.0. The van der Waals surface area contributed by atoms with E-state index in [4.69, 9.17) is 23.2 Å². The van der Waals surface area contributed by atoms with Gasteiger partial charge in [-0.05, 0) is 42.8 Å². The molecule has 27 heavy (non-hydrogen) atoms. The molecular weight excluding hydrogens is 477 g/mol. The minimum Gasteiger partial charge on any atom is -0.271 e. The third-order valence-corrected chi connectivity index (χ3v) is 5.54. The van der Waals surface area contributed by atoms with Crippen molar-refractivity contribution in [1.82, 2.24) is 5.43 Å². The number of rotatable bonds is 6. The molecule has 0 saturated carbocycles. The largest absolute Gasteiger partial charge is 0.271 e. The van der Waals surface area contributed by atoms with E-state index < -0.39 is 22.5 Å². The fraction of sp³-hybridized carbons (Fsp3) is 0.176. The van der Waals surface area contributed by atoms with Crippen molar-refractivity contribution in [1.29, 1.82) is 0 Å². The number of carbonyl (C=O) groups excluding carboxylic acids is 1. The molecule has 0 aliphatic carbocycles. The molecule has 0 aliphatic rings. The molecule has 144 valence electrons. The first-order valence-corrected chi connectivity index (χ1v) is 11.0. The Hall–Kier alpha value is -1.61. The molecule has 0 atom stereocenters. The normalized spacial score (nSPS) is 12.0. The molecule has 0 spiro atoms. The van der Waals surface area contributed by atoms with E-state index in [1.165, 1.54) is 18.2 Å². The monoisotopic (exact) mass is 491 g/mol. The smallest absolute Gasteiger partial charge is 0.260 e. The van der Waals surface area contributed by atoms with Crippen molar-refractivity contribution < 1.29 is 13.2 Å². The average Bonchev–Trinajstić information content (AvgIpc) is 2.56. The molecule has 2 rings (SSSR count). The molecule has 0 bridgehead atoms. The highest BCUT2D eigenvalue weighted by atomic mass is 79.9. The molecule has 1 amide bonds. The summed E-state index contributed by atoms with van der Waals surface area (Å²) in [5.74, 6) is -0.604. The van der Waals surface area contributed by atoms with Crippen LogP contribution in [0.4, 0.5) is 5.69 Å². The predicted octanol–water partition coefficient (Wildman–Crippen LogP) is 4.06. The van der Waals surface area contributed by atoms with Crippen molar-refractivity contribution in [2.24, 2.45) is 5.10 Å². The topological polar surface area (TPSA) is 78.8 Å². The van der Waals surface area contributed by atoms with Gasteiger partial charge >= 0.3 is 0 Å². The molecule has 0 radical (unpaired) electrons. The maximum Gasteiger partial charge on any atom is 0.260 e. The molecule has 0 heterocycles. The van der Waals surface area contributed by atoms with Crippen LogP contribution in [0.3, 0.4) is 0 Å². The molecule has 0 fully saturated rings. The zero-order valence-corrected chi connectivity index (χ0v) is 18.3. The predicted molar refractivity (Wildman–Crippen MR) is 113 cm³/mol. The molecule has 10 heteroatoms. The van der Waals surface area contributed by atoms with Crippen LogP contribution >= 0.6 is 39.1 Å². The average molecular weight is 493 g/mol. The third kappa shape index (κ3) is 6.49. The first-order chi connectivity index (χ1) is 12.6. The summed E-state index contributed by atoms with van der Waals surface area (Å²) in [5.41, 5.74) is 3.95. The van der Waals surface area contributed by atoms with Crippen molar-refractivity contribution >= 4 is 66.5 Å². The zero-order chi connectivity index (χ0) is 20.2. The van der Waals surface area contributed by atoms with Crippen LogP contribution in [0.25, 0.3) is 0 Å². The van der Waals surface area contributed by atoms with Crippen molar-refractivity contribution in [2.75, 3.05) is 17.1 Å². The standard InChI is InChI=1S/C17H16BrCl2N3O3S/c1-11(12-3-5-13(18)6-4-12)21-22-17(24)10-23(27(2,25)26)16-8-14(19)7-15(20)9-16/h3-9H,10H2,1-2H3,(H,22,24)/b21-11-. The van der Waals surface area contributed by atoms with Gasteiger partial charge in [0.1, 0.15) is 6.54 Å². The number of benzene rings is 2. The Labute approximate surface area is 176 Å². The summed E-state index contributed by atoms with van der Waals surface area (Å²) in [6.45, 7) is 1.27. The number of nitrogens with one attached hydrogen (secondary N) is 1. The number of halogens is 3. The maximum absolute atomic E-state index is 12.2. The van der Waals surface area contributed by atoms with Crippen LogP contribution in [0, 0.1) is 0 Å². The Morgan fingerprint density at radius 2 is 1.70 bits per heavy atom. The van der Waals surface area contributed by atoms with E-state index in [1.807, 2.05) is 24.3 Å². The SMILES string of the molecule is C/C(=N/NC(=O)CN(c1cc(Cl)cc(Cl)c1)S(C)(=O)=O)c1ccc(Br)cc1. The van der Waals surface area contributed by atoms with Gasteiger partial charge in [-0.1, -0.05) is 51.3 Å². The second kappa shape index (κ2) is 9.05. The summed E-state index contributed by atoms with van der Waals surface area (Å²) in [6.07, 6.45) is 0.992. The van der Waals surface area contributed by atoms with E-state index >= 15 is 0 Å². The van der Waals surface area contributed by atoms with Crippen LogP contribution in [0.5, 0.6) is 0 Å². The van der Waals surface area contributed by atoms with Gasteiger partial charge in [-0.2, -0.15) is 5.10 Å². The van der Waals surface area contributed by atoms with Crippen molar-refractivity contribution in [3.8, 4) is 0 Å². The van der Waals surface area contributed by atoms with E-state index in [0.717, 1.165) is 20.6 Å². The fourth-order valence-electron chi connectivity index (χ4n) is 2.15. The number of hydrogen-bond acceptors (Lipinski definition) is 4. The molecule has 0 saturated heterocycles. The maximum atomic E-state index is 12.2. The second-order valence-electron chi connectivity index (χ2n) is 5.64. The fourth-order valence-corrected chi connectivity index (χ4v) is 3.77. The van der Waals surface area contributed by atoms with E-state index in [2.05, 4.69) is 26.5 Å². The van der Waals surface area contributed by atoms with Crippen LogP contribution in [0.1, 0.15) is 12.5 Å². The van der Waals surface area contributed by atoms with Crippen molar-refractivity contribution in [3.63, 3.8) is 0 Å². The zero-order valence-electron chi connectivity index (χ0n) is 14.4. The van der Waals surface area contributed by atoms with Crippen LogP contribution in [-0.4, -0.2) is 32.8 Å². The number of hydrazone groups is 1. The number of amides is 1. The highest BCUT2D eigenvalue weighted by molar-refractivity contribution is 9.10. The Morgan fingerprint density at radius 3 is 2.22 bits per heavy atom. The Balaban J connectivity index is 2.17. The van der Waals surface area contributed by atoms with E-state index in [9.17, 15) is 13.2 Å². The van der Waals surface area contributed by atoms with Crippen LogP contribution in [-0.2, 0) is 14.8 Å². The van der Waals surface area contributed by atoms with E-state index in [1.54, 1.807) is 6.92 Å². The Kier molecular flexibility index (Phi) is 7.27. The van der Waals surface area contributed by atoms with E-state index in [0.29, 0.717) is 5.71 Å². The lowest BCUT2D eigenvalue weighted by Crippen LogP contribution is -2.39. The first-order valence-electron chi connectivity index (χ1n) is 7.59. The van der Waals surface area contributed by atoms with Crippen molar-refractivity contribution in [3.05, 3.63) is 62.5 Å². The lowest BCUT2D eigenvalue weighted by molar-refractivity contribution is -0.119. The lowest BCUT2D eigenvalue weighted by atomic mass is 10.1. The van der Waals surface area contributed by atoms with Gasteiger partial charge in [-0.3, -0.25) is 9.10 Å². The molecule has 1 N–H and O–H groups in total. The quantitative estimate of drug-likeness (QED) is 0.487. The summed E-state index contributed by atoms with van der Waals surface area (Å²) in [5, 5.41) is 4.54. The number of hydrogen-bond donors (Lipinski definition) is 1. The third-order valence-electron chi connectivity index (χ3n) is 3.43. The Morgan fingerprint density at radius 1 is 1.15 bits per heavy atom. The minimum absolute atomic E-state index is 0.193. The van der Waals surface area contributed by atoms with Crippen molar-refractivity contribution in [2.45, 2.75) is 6.92 Å². The number of carbonyl (C=O) groups is 1. The first kappa shape index (κ1) is 21.7.